The molecule has 1 aromatic heterocycles. The van der Waals surface area contributed by atoms with Crippen molar-refractivity contribution in [3.8, 4) is 17.3 Å². The molecule has 0 bridgehead atoms. The Labute approximate surface area is 136 Å². The van der Waals surface area contributed by atoms with Gasteiger partial charge in [0.05, 0.1) is 11.1 Å². The highest BCUT2D eigenvalue weighted by atomic mass is 15.0. The van der Waals surface area contributed by atoms with E-state index in [1.165, 1.54) is 24.8 Å². The van der Waals surface area contributed by atoms with E-state index in [9.17, 15) is 0 Å². The van der Waals surface area contributed by atoms with Gasteiger partial charge in [0, 0.05) is 12.7 Å². The van der Waals surface area contributed by atoms with Crippen molar-refractivity contribution in [2.75, 3.05) is 0 Å². The average Bonchev–Trinajstić information content (AvgIpc) is 3.07. The summed E-state index contributed by atoms with van der Waals surface area (Å²) in [4.78, 5) is 4.64. The minimum absolute atomic E-state index is 0.0627. The van der Waals surface area contributed by atoms with E-state index in [1.54, 1.807) is 0 Å². The maximum absolute atomic E-state index is 9.16. The summed E-state index contributed by atoms with van der Waals surface area (Å²) < 4.78 is 1.94. The zero-order chi connectivity index (χ0) is 16.0. The van der Waals surface area contributed by atoms with Crippen LogP contribution in [0, 0.1) is 11.3 Å². The number of amidine groups is 1. The Kier molecular flexibility index (Phi) is 3.05. The molecular formula is C19H20N4. The number of benzene rings is 1. The van der Waals surface area contributed by atoms with Gasteiger partial charge in [0.1, 0.15) is 17.6 Å². The minimum Gasteiger partial charge on any atom is -0.386 e. The third-order valence-corrected chi connectivity index (χ3v) is 5.48. The second-order valence-corrected chi connectivity index (χ2v) is 6.65. The smallest absolute Gasteiger partial charge is 0.120 e. The molecule has 1 spiro atoms. The fraction of sp³-hybridized carbons (Fsp3) is 0.368. The molecule has 1 saturated carbocycles. The molecule has 4 heteroatoms. The zero-order valence-corrected chi connectivity index (χ0v) is 13.3. The van der Waals surface area contributed by atoms with Gasteiger partial charge in [-0.3, -0.25) is 0 Å². The first-order chi connectivity index (χ1) is 11.2. The van der Waals surface area contributed by atoms with Crippen molar-refractivity contribution in [2.24, 2.45) is 17.8 Å². The Balaban J connectivity index is 1.83. The average molecular weight is 304 g/mol. The zero-order valence-electron chi connectivity index (χ0n) is 13.3. The molecule has 2 N–H and O–H groups in total. The Morgan fingerprint density at radius 1 is 1.17 bits per heavy atom. The summed E-state index contributed by atoms with van der Waals surface area (Å²) in [7, 11) is 1.93. The Morgan fingerprint density at radius 3 is 2.65 bits per heavy atom. The number of nitrogens with two attached hydrogens (primary N) is 1. The molecule has 1 aromatic carbocycles. The minimum atomic E-state index is -0.0627. The summed E-state index contributed by atoms with van der Waals surface area (Å²) in [6.45, 7) is 0. The van der Waals surface area contributed by atoms with Crippen molar-refractivity contribution < 1.29 is 0 Å². The number of nitriles is 1. The highest BCUT2D eigenvalue weighted by Gasteiger charge is 2.43. The van der Waals surface area contributed by atoms with Crippen LogP contribution in [0.2, 0.25) is 0 Å². The summed E-state index contributed by atoms with van der Waals surface area (Å²) in [5.74, 6) is 0.786. The molecule has 116 valence electrons. The van der Waals surface area contributed by atoms with Gasteiger partial charge in [0.25, 0.3) is 0 Å². The first-order valence-corrected chi connectivity index (χ1v) is 8.21. The second-order valence-electron chi connectivity index (χ2n) is 6.65. The van der Waals surface area contributed by atoms with Crippen molar-refractivity contribution in [3.63, 3.8) is 0 Å². The van der Waals surface area contributed by atoms with E-state index < -0.39 is 0 Å². The second kappa shape index (κ2) is 4.99. The van der Waals surface area contributed by atoms with Crippen LogP contribution >= 0.6 is 0 Å². The molecule has 0 atom stereocenters. The molecule has 1 fully saturated rings. The van der Waals surface area contributed by atoms with Gasteiger partial charge in [-0.1, -0.05) is 25.3 Å². The molecule has 4 rings (SSSR count). The van der Waals surface area contributed by atoms with Gasteiger partial charge >= 0.3 is 0 Å². The normalized spacial score (nSPS) is 18.5. The molecule has 0 radical (unpaired) electrons. The fourth-order valence-electron chi connectivity index (χ4n) is 4.15. The van der Waals surface area contributed by atoms with Crippen LogP contribution in [0.5, 0.6) is 0 Å². The monoisotopic (exact) mass is 304 g/mol. The van der Waals surface area contributed by atoms with E-state index in [1.807, 2.05) is 23.7 Å². The lowest BCUT2D eigenvalue weighted by Crippen LogP contribution is -2.40. The Bertz CT molecular complexity index is 845. The summed E-state index contributed by atoms with van der Waals surface area (Å²) in [5, 5.41) is 9.16. The van der Waals surface area contributed by atoms with Gasteiger partial charge in [-0.05, 0) is 48.2 Å². The van der Waals surface area contributed by atoms with Crippen LogP contribution < -0.4 is 5.73 Å². The summed E-state index contributed by atoms with van der Waals surface area (Å²) >= 11 is 0. The first-order valence-electron chi connectivity index (χ1n) is 8.21. The predicted octanol–water partition coefficient (Wildman–Crippen LogP) is 3.77. The quantitative estimate of drug-likeness (QED) is 0.871. The molecule has 0 amide bonds. The molecule has 1 aliphatic carbocycles. The van der Waals surface area contributed by atoms with Gasteiger partial charge in [-0.15, -0.1) is 0 Å². The van der Waals surface area contributed by atoms with Crippen LogP contribution in [0.4, 0.5) is 5.69 Å². The number of aromatic nitrogens is 1. The molecule has 2 heterocycles. The van der Waals surface area contributed by atoms with Crippen LogP contribution in [0.1, 0.15) is 43.4 Å². The number of nitrogens with zero attached hydrogens (tertiary/aromatic N) is 3. The largest absolute Gasteiger partial charge is 0.386 e. The van der Waals surface area contributed by atoms with Crippen molar-refractivity contribution in [1.29, 1.82) is 5.26 Å². The van der Waals surface area contributed by atoms with Crippen LogP contribution in [0.15, 0.2) is 35.3 Å². The maximum Gasteiger partial charge on any atom is 0.120 e. The van der Waals surface area contributed by atoms with E-state index in [-0.39, 0.29) is 5.41 Å². The van der Waals surface area contributed by atoms with Crippen molar-refractivity contribution in [1.82, 2.24) is 4.57 Å². The van der Waals surface area contributed by atoms with Gasteiger partial charge in [-0.25, -0.2) is 4.99 Å². The molecule has 2 aromatic rings. The number of aliphatic imine (C=N–C) groups is 1. The van der Waals surface area contributed by atoms with Crippen molar-refractivity contribution in [3.05, 3.63) is 41.6 Å². The van der Waals surface area contributed by atoms with Crippen molar-refractivity contribution in [2.45, 2.75) is 37.5 Å². The van der Waals surface area contributed by atoms with E-state index >= 15 is 0 Å². The summed E-state index contributed by atoms with van der Waals surface area (Å²) in [6.07, 6.45) is 5.89. The highest BCUT2D eigenvalue weighted by molar-refractivity contribution is 5.99. The topological polar surface area (TPSA) is 67.1 Å². The number of hydrogen-bond acceptors (Lipinski definition) is 3. The van der Waals surface area contributed by atoms with E-state index in [2.05, 4.69) is 29.3 Å². The van der Waals surface area contributed by atoms with Crippen LogP contribution in [0.3, 0.4) is 0 Å². The summed E-state index contributed by atoms with van der Waals surface area (Å²) in [6, 6.07) is 12.5. The molecule has 1 aliphatic heterocycles. The van der Waals surface area contributed by atoms with E-state index in [0.29, 0.717) is 5.69 Å². The summed E-state index contributed by atoms with van der Waals surface area (Å²) in [5.41, 5.74) is 11.4. The van der Waals surface area contributed by atoms with Crippen LogP contribution in [-0.4, -0.2) is 10.4 Å². The third kappa shape index (κ3) is 1.93. The van der Waals surface area contributed by atoms with Crippen LogP contribution in [0.25, 0.3) is 11.3 Å². The molecule has 4 nitrogen and oxygen atoms in total. The van der Waals surface area contributed by atoms with E-state index in [0.717, 1.165) is 35.6 Å². The Hall–Kier alpha value is -2.54. The molecule has 2 aliphatic rings. The lowest BCUT2D eigenvalue weighted by molar-refractivity contribution is 0.384. The SMILES string of the molecule is Cn1c(C#N)ccc1-c1ccc2c(c1)C1(CCCCC1)C(N)=N2. The van der Waals surface area contributed by atoms with Gasteiger partial charge in [-0.2, -0.15) is 5.26 Å². The molecule has 23 heavy (non-hydrogen) atoms. The van der Waals surface area contributed by atoms with Gasteiger partial charge < -0.3 is 10.3 Å². The third-order valence-electron chi connectivity index (χ3n) is 5.48. The van der Waals surface area contributed by atoms with Gasteiger partial charge in [0.15, 0.2) is 0 Å². The predicted molar refractivity (Wildman–Crippen MR) is 91.6 cm³/mol. The number of fused-ring (bicyclic) bond motifs is 2. The fourth-order valence-corrected chi connectivity index (χ4v) is 4.15. The molecular weight excluding hydrogens is 284 g/mol. The Morgan fingerprint density at radius 2 is 1.96 bits per heavy atom. The lowest BCUT2D eigenvalue weighted by Gasteiger charge is -2.34. The van der Waals surface area contributed by atoms with Crippen molar-refractivity contribution >= 4 is 11.5 Å². The molecule has 0 saturated heterocycles. The maximum atomic E-state index is 9.16. The lowest BCUT2D eigenvalue weighted by atomic mass is 9.69. The number of rotatable bonds is 1. The van der Waals surface area contributed by atoms with E-state index in [4.69, 9.17) is 11.0 Å². The standard InChI is InChI=1S/C19H20N4/c1-23-14(12-20)6-8-17(23)13-5-7-16-15(11-13)19(18(21)22-16)9-3-2-4-10-19/h5-8,11H,2-4,9-10H2,1H3,(H2,21,22). The van der Waals surface area contributed by atoms with Crippen LogP contribution in [-0.2, 0) is 12.5 Å². The molecule has 0 unspecified atom stereocenters. The first kappa shape index (κ1) is 14.1. The number of hydrogen-bond donors (Lipinski definition) is 1. The van der Waals surface area contributed by atoms with Gasteiger partial charge in [0.2, 0.25) is 0 Å². The highest BCUT2D eigenvalue weighted by Crippen LogP contribution is 2.48.